The fourth-order valence-corrected chi connectivity index (χ4v) is 1.76. The van der Waals surface area contributed by atoms with Crippen LogP contribution in [0.2, 0.25) is 0 Å². The van der Waals surface area contributed by atoms with Gasteiger partial charge in [-0.15, -0.1) is 0 Å². The summed E-state index contributed by atoms with van der Waals surface area (Å²) < 4.78 is 18.1. The van der Waals surface area contributed by atoms with Crippen LogP contribution in [0.15, 0.2) is 0 Å². The van der Waals surface area contributed by atoms with Gasteiger partial charge in [-0.2, -0.15) is 0 Å². The van der Waals surface area contributed by atoms with Gasteiger partial charge in [0, 0.05) is 6.61 Å². The number of alkyl halides is 1. The lowest BCUT2D eigenvalue weighted by Crippen LogP contribution is -2.47. The molecule has 12 heavy (non-hydrogen) atoms. The van der Waals surface area contributed by atoms with E-state index >= 15 is 0 Å². The SMILES string of the molecule is CCOC[C@]1(CF)CCCN1C. The van der Waals surface area contributed by atoms with Crippen molar-refractivity contribution in [2.75, 3.05) is 33.5 Å². The average molecular weight is 175 g/mol. The molecular weight excluding hydrogens is 157 g/mol. The predicted molar refractivity (Wildman–Crippen MR) is 47.1 cm³/mol. The van der Waals surface area contributed by atoms with E-state index in [-0.39, 0.29) is 12.2 Å². The average Bonchev–Trinajstić information content (AvgIpc) is 2.45. The molecule has 0 aromatic heterocycles. The fourth-order valence-electron chi connectivity index (χ4n) is 1.76. The Morgan fingerprint density at radius 1 is 1.58 bits per heavy atom. The lowest BCUT2D eigenvalue weighted by Gasteiger charge is -2.32. The Labute approximate surface area is 73.7 Å². The second kappa shape index (κ2) is 4.19. The summed E-state index contributed by atoms with van der Waals surface area (Å²) in [7, 11) is 1.98. The highest BCUT2D eigenvalue weighted by Gasteiger charge is 2.38. The van der Waals surface area contributed by atoms with Gasteiger partial charge in [-0.05, 0) is 33.4 Å². The molecule has 72 valence electrons. The molecule has 1 aliphatic rings. The van der Waals surface area contributed by atoms with Crippen molar-refractivity contribution in [1.82, 2.24) is 4.90 Å². The van der Waals surface area contributed by atoms with Gasteiger partial charge in [-0.3, -0.25) is 4.90 Å². The van der Waals surface area contributed by atoms with Crippen LogP contribution in [0, 0.1) is 0 Å². The Kier molecular flexibility index (Phi) is 3.47. The van der Waals surface area contributed by atoms with Crippen LogP contribution in [0.3, 0.4) is 0 Å². The van der Waals surface area contributed by atoms with Crippen molar-refractivity contribution in [3.63, 3.8) is 0 Å². The third kappa shape index (κ3) is 1.77. The van der Waals surface area contributed by atoms with Gasteiger partial charge in [-0.1, -0.05) is 0 Å². The van der Waals surface area contributed by atoms with E-state index in [1.54, 1.807) is 0 Å². The van der Waals surface area contributed by atoms with Gasteiger partial charge in [-0.25, -0.2) is 4.39 Å². The second-order valence-corrected chi connectivity index (χ2v) is 3.52. The number of ether oxygens (including phenoxy) is 1. The maximum atomic E-state index is 12.8. The third-order valence-electron chi connectivity index (χ3n) is 2.77. The van der Waals surface area contributed by atoms with E-state index in [2.05, 4.69) is 4.90 Å². The van der Waals surface area contributed by atoms with Gasteiger partial charge in [0.25, 0.3) is 0 Å². The van der Waals surface area contributed by atoms with E-state index in [0.717, 1.165) is 19.4 Å². The highest BCUT2D eigenvalue weighted by Crippen LogP contribution is 2.28. The largest absolute Gasteiger partial charge is 0.380 e. The molecule has 1 fully saturated rings. The minimum absolute atomic E-state index is 0.288. The summed E-state index contributed by atoms with van der Waals surface area (Å²) in [4.78, 5) is 2.09. The van der Waals surface area contributed by atoms with Crippen molar-refractivity contribution < 1.29 is 9.13 Å². The summed E-state index contributed by atoms with van der Waals surface area (Å²) in [5, 5.41) is 0. The molecule has 0 unspecified atom stereocenters. The molecule has 0 radical (unpaired) electrons. The van der Waals surface area contributed by atoms with Crippen LogP contribution in [0.25, 0.3) is 0 Å². The number of likely N-dealkylation sites (N-methyl/N-ethyl adjacent to an activating group) is 1. The van der Waals surface area contributed by atoms with Crippen molar-refractivity contribution in [3.8, 4) is 0 Å². The van der Waals surface area contributed by atoms with E-state index in [9.17, 15) is 4.39 Å². The van der Waals surface area contributed by atoms with Gasteiger partial charge in [0.2, 0.25) is 0 Å². The molecular formula is C9H18FNO. The summed E-state index contributed by atoms with van der Waals surface area (Å²) in [6.45, 7) is 3.87. The summed E-state index contributed by atoms with van der Waals surface area (Å²) in [6.07, 6.45) is 2.02. The molecule has 0 spiro atoms. The zero-order valence-electron chi connectivity index (χ0n) is 7.98. The van der Waals surface area contributed by atoms with Crippen molar-refractivity contribution in [1.29, 1.82) is 0 Å². The summed E-state index contributed by atoms with van der Waals surface area (Å²) >= 11 is 0. The highest BCUT2D eigenvalue weighted by atomic mass is 19.1. The number of hydrogen-bond acceptors (Lipinski definition) is 2. The smallest absolute Gasteiger partial charge is 0.110 e. The number of likely N-dealkylation sites (tertiary alicyclic amines) is 1. The van der Waals surface area contributed by atoms with Gasteiger partial charge in [0.05, 0.1) is 12.1 Å². The van der Waals surface area contributed by atoms with Crippen molar-refractivity contribution in [2.45, 2.75) is 25.3 Å². The lowest BCUT2D eigenvalue weighted by molar-refractivity contribution is 0.0162. The molecule has 1 atom stereocenters. The Hall–Kier alpha value is -0.150. The molecule has 2 nitrogen and oxygen atoms in total. The van der Waals surface area contributed by atoms with E-state index in [1.165, 1.54) is 0 Å². The number of hydrogen-bond donors (Lipinski definition) is 0. The number of rotatable bonds is 4. The van der Waals surface area contributed by atoms with E-state index in [0.29, 0.717) is 13.2 Å². The molecule has 0 amide bonds. The highest BCUT2D eigenvalue weighted by molar-refractivity contribution is 4.93. The maximum absolute atomic E-state index is 12.8. The van der Waals surface area contributed by atoms with Crippen LogP contribution >= 0.6 is 0 Å². The van der Waals surface area contributed by atoms with Gasteiger partial charge >= 0.3 is 0 Å². The molecule has 1 saturated heterocycles. The summed E-state index contributed by atoms with van der Waals surface area (Å²) in [6, 6.07) is 0. The van der Waals surface area contributed by atoms with E-state index in [4.69, 9.17) is 4.74 Å². The summed E-state index contributed by atoms with van der Waals surface area (Å²) in [5.41, 5.74) is -0.310. The molecule has 1 heterocycles. The Morgan fingerprint density at radius 2 is 2.33 bits per heavy atom. The van der Waals surface area contributed by atoms with Crippen molar-refractivity contribution >= 4 is 0 Å². The van der Waals surface area contributed by atoms with Crippen LogP contribution in [0.1, 0.15) is 19.8 Å². The third-order valence-corrected chi connectivity index (χ3v) is 2.77. The van der Waals surface area contributed by atoms with Crippen LogP contribution < -0.4 is 0 Å². The molecule has 0 bridgehead atoms. The Morgan fingerprint density at radius 3 is 2.75 bits per heavy atom. The Balaban J connectivity index is 2.49. The predicted octanol–water partition coefficient (Wildman–Crippen LogP) is 1.46. The quantitative estimate of drug-likeness (QED) is 0.641. The van der Waals surface area contributed by atoms with Crippen LogP contribution in [0.5, 0.6) is 0 Å². The maximum Gasteiger partial charge on any atom is 0.110 e. The standard InChI is InChI=1S/C9H18FNO/c1-3-12-8-9(7-10)5-4-6-11(9)2/h3-8H2,1-2H3/t9-/m1/s1. The first-order chi connectivity index (χ1) is 5.75. The fraction of sp³-hybridized carbons (Fsp3) is 1.00. The molecule has 1 aliphatic heterocycles. The zero-order valence-corrected chi connectivity index (χ0v) is 7.98. The molecule has 0 N–H and O–H groups in total. The molecule has 0 aromatic rings. The lowest BCUT2D eigenvalue weighted by atomic mass is 10.00. The Bertz CT molecular complexity index is 142. The van der Waals surface area contributed by atoms with Crippen LogP contribution in [0.4, 0.5) is 4.39 Å². The number of halogens is 1. The molecule has 1 rings (SSSR count). The van der Waals surface area contributed by atoms with Gasteiger partial charge in [0.15, 0.2) is 0 Å². The van der Waals surface area contributed by atoms with Crippen LogP contribution in [-0.2, 0) is 4.74 Å². The van der Waals surface area contributed by atoms with Crippen LogP contribution in [-0.4, -0.2) is 43.9 Å². The van der Waals surface area contributed by atoms with E-state index < -0.39 is 0 Å². The zero-order chi connectivity index (χ0) is 9.03. The molecule has 0 aromatic carbocycles. The number of nitrogens with zero attached hydrogens (tertiary/aromatic N) is 1. The monoisotopic (exact) mass is 175 g/mol. The molecule has 0 aliphatic carbocycles. The minimum atomic E-state index is -0.310. The summed E-state index contributed by atoms with van der Waals surface area (Å²) in [5.74, 6) is 0. The van der Waals surface area contributed by atoms with Gasteiger partial charge < -0.3 is 4.74 Å². The minimum Gasteiger partial charge on any atom is -0.380 e. The van der Waals surface area contributed by atoms with Crippen molar-refractivity contribution in [3.05, 3.63) is 0 Å². The molecule has 3 heteroatoms. The second-order valence-electron chi connectivity index (χ2n) is 3.52. The first-order valence-electron chi connectivity index (χ1n) is 4.60. The first kappa shape index (κ1) is 9.93. The van der Waals surface area contributed by atoms with E-state index in [1.807, 2.05) is 14.0 Å². The normalized spacial score (nSPS) is 31.2. The topological polar surface area (TPSA) is 12.5 Å². The molecule has 0 saturated carbocycles. The van der Waals surface area contributed by atoms with Crippen molar-refractivity contribution in [2.24, 2.45) is 0 Å². The first-order valence-corrected chi connectivity index (χ1v) is 4.60. The van der Waals surface area contributed by atoms with Gasteiger partial charge in [0.1, 0.15) is 6.67 Å².